The van der Waals surface area contributed by atoms with E-state index in [1.165, 1.54) is 12.1 Å². The van der Waals surface area contributed by atoms with Crippen LogP contribution >= 0.6 is 0 Å². The summed E-state index contributed by atoms with van der Waals surface area (Å²) in [6.45, 7) is 0. The molecule has 4 nitrogen and oxygen atoms in total. The van der Waals surface area contributed by atoms with E-state index in [2.05, 4.69) is 0 Å². The Bertz CT molecular complexity index is 916. The molecule has 1 aliphatic carbocycles. The second-order valence-electron chi connectivity index (χ2n) is 6.87. The van der Waals surface area contributed by atoms with Crippen LogP contribution in [-0.4, -0.2) is 18.8 Å². The van der Waals surface area contributed by atoms with Crippen molar-refractivity contribution in [1.29, 1.82) is 0 Å². The average Bonchev–Trinajstić information content (AvgIpc) is 2.68. The Morgan fingerprint density at radius 1 is 1.00 bits per heavy atom. The fourth-order valence-corrected chi connectivity index (χ4v) is 4.00. The Balaban J connectivity index is 1.81. The molecule has 2 aliphatic rings. The highest BCUT2D eigenvalue weighted by atomic mass is 19.1. The molecule has 0 radical (unpaired) electrons. The number of rotatable bonds is 3. The summed E-state index contributed by atoms with van der Waals surface area (Å²) in [6.07, 6.45) is 2.09. The van der Waals surface area contributed by atoms with E-state index < -0.39 is 0 Å². The molecule has 0 aromatic heterocycles. The van der Waals surface area contributed by atoms with Crippen LogP contribution in [0.25, 0.3) is 0 Å². The molecule has 1 heterocycles. The third kappa shape index (κ3) is 3.14. The highest BCUT2D eigenvalue weighted by Gasteiger charge is 2.39. The van der Waals surface area contributed by atoms with E-state index in [0.29, 0.717) is 24.2 Å². The van der Waals surface area contributed by atoms with E-state index in [0.717, 1.165) is 23.4 Å². The number of benzene rings is 2. The van der Waals surface area contributed by atoms with Gasteiger partial charge in [0.25, 0.3) is 0 Å². The summed E-state index contributed by atoms with van der Waals surface area (Å²) in [4.78, 5) is 27.5. The minimum atomic E-state index is -0.329. The molecule has 0 saturated carbocycles. The summed E-state index contributed by atoms with van der Waals surface area (Å²) >= 11 is 0. The van der Waals surface area contributed by atoms with Crippen molar-refractivity contribution in [2.45, 2.75) is 31.6 Å². The van der Waals surface area contributed by atoms with E-state index in [1.54, 1.807) is 36.3 Å². The topological polar surface area (TPSA) is 46.6 Å². The third-order valence-electron chi connectivity index (χ3n) is 5.28. The maximum Gasteiger partial charge on any atom is 0.232 e. The van der Waals surface area contributed by atoms with Gasteiger partial charge < -0.3 is 4.74 Å². The van der Waals surface area contributed by atoms with Gasteiger partial charge in [0, 0.05) is 35.7 Å². The molecule has 0 bridgehead atoms. The van der Waals surface area contributed by atoms with Crippen LogP contribution in [0.5, 0.6) is 5.75 Å². The summed E-state index contributed by atoms with van der Waals surface area (Å²) < 4.78 is 18.5. The van der Waals surface area contributed by atoms with Gasteiger partial charge in [0.2, 0.25) is 5.91 Å². The fourth-order valence-electron chi connectivity index (χ4n) is 4.00. The molecule has 138 valence electrons. The zero-order valence-corrected chi connectivity index (χ0v) is 15.1. The van der Waals surface area contributed by atoms with Crippen molar-refractivity contribution < 1.29 is 18.7 Å². The quantitative estimate of drug-likeness (QED) is 0.812. The van der Waals surface area contributed by atoms with Gasteiger partial charge in [-0.05, 0) is 54.8 Å². The molecule has 2 aromatic carbocycles. The lowest BCUT2D eigenvalue weighted by Crippen LogP contribution is -2.40. The summed E-state index contributed by atoms with van der Waals surface area (Å²) in [6, 6.07) is 13.4. The zero-order valence-electron chi connectivity index (χ0n) is 15.1. The molecule has 1 amide bonds. The lowest BCUT2D eigenvalue weighted by molar-refractivity contribution is -0.119. The van der Waals surface area contributed by atoms with E-state index in [1.807, 2.05) is 12.1 Å². The predicted molar refractivity (Wildman–Crippen MR) is 100 cm³/mol. The van der Waals surface area contributed by atoms with Gasteiger partial charge in [-0.25, -0.2) is 4.39 Å². The van der Waals surface area contributed by atoms with Gasteiger partial charge in [-0.15, -0.1) is 0 Å². The smallest absolute Gasteiger partial charge is 0.232 e. The number of ether oxygens (including phenoxy) is 1. The van der Waals surface area contributed by atoms with Crippen molar-refractivity contribution >= 4 is 17.4 Å². The number of halogens is 1. The van der Waals surface area contributed by atoms with Gasteiger partial charge in [-0.2, -0.15) is 0 Å². The largest absolute Gasteiger partial charge is 0.497 e. The highest BCUT2D eigenvalue weighted by molar-refractivity contribution is 6.07. The number of Topliss-reactive ketones (excluding diaryl/α,β-unsaturated/α-hetero) is 1. The fraction of sp³-hybridized carbons (Fsp3) is 0.273. The standard InChI is InChI=1S/C22H20FNO3/c1-27-17-11-9-16(10-12-17)24-19-3-2-4-20(25)22(19)18(13-21(24)26)14-5-7-15(23)8-6-14/h5-12,18H,2-4,13H2,1H3. The normalized spacial score (nSPS) is 19.9. The van der Waals surface area contributed by atoms with Crippen LogP contribution in [0.3, 0.4) is 0 Å². The summed E-state index contributed by atoms with van der Waals surface area (Å²) in [5.74, 6) is 0.0983. The first-order chi connectivity index (χ1) is 13.1. The molecule has 0 saturated heterocycles. The molecule has 2 aromatic rings. The van der Waals surface area contributed by atoms with Gasteiger partial charge in [0.15, 0.2) is 5.78 Å². The van der Waals surface area contributed by atoms with Gasteiger partial charge in [0.05, 0.1) is 7.11 Å². The van der Waals surface area contributed by atoms with Gasteiger partial charge in [-0.1, -0.05) is 12.1 Å². The summed E-state index contributed by atoms with van der Waals surface area (Å²) in [7, 11) is 1.59. The van der Waals surface area contributed by atoms with E-state index in [4.69, 9.17) is 4.74 Å². The van der Waals surface area contributed by atoms with Crippen molar-refractivity contribution in [1.82, 2.24) is 0 Å². The van der Waals surface area contributed by atoms with Crippen LogP contribution in [0.1, 0.15) is 37.2 Å². The Morgan fingerprint density at radius 2 is 1.70 bits per heavy atom. The van der Waals surface area contributed by atoms with Crippen LogP contribution in [0.15, 0.2) is 59.8 Å². The number of ketones is 1. The number of allylic oxidation sites excluding steroid dienone is 2. The first-order valence-corrected chi connectivity index (χ1v) is 9.07. The van der Waals surface area contributed by atoms with Crippen LogP contribution < -0.4 is 9.64 Å². The number of amides is 1. The van der Waals surface area contributed by atoms with Gasteiger partial charge >= 0.3 is 0 Å². The van der Waals surface area contributed by atoms with E-state index in [9.17, 15) is 14.0 Å². The number of hydrogen-bond donors (Lipinski definition) is 0. The molecule has 5 heteroatoms. The van der Waals surface area contributed by atoms with Crippen molar-refractivity contribution in [2.75, 3.05) is 12.0 Å². The van der Waals surface area contributed by atoms with E-state index in [-0.39, 0.29) is 29.8 Å². The lowest BCUT2D eigenvalue weighted by atomic mass is 9.77. The second-order valence-corrected chi connectivity index (χ2v) is 6.87. The monoisotopic (exact) mass is 365 g/mol. The minimum absolute atomic E-state index is 0.0528. The third-order valence-corrected chi connectivity index (χ3v) is 5.28. The van der Waals surface area contributed by atoms with Crippen molar-refractivity contribution in [2.24, 2.45) is 0 Å². The number of anilines is 1. The summed E-state index contributed by atoms with van der Waals surface area (Å²) in [5, 5.41) is 0. The Hall–Kier alpha value is -2.95. The highest BCUT2D eigenvalue weighted by Crippen LogP contribution is 2.43. The van der Waals surface area contributed by atoms with Crippen molar-refractivity contribution in [3.05, 3.63) is 71.2 Å². The molecular formula is C22H20FNO3. The molecule has 27 heavy (non-hydrogen) atoms. The average molecular weight is 365 g/mol. The van der Waals surface area contributed by atoms with Crippen LogP contribution in [0, 0.1) is 5.82 Å². The number of hydrogen-bond acceptors (Lipinski definition) is 3. The Kier molecular flexibility index (Phi) is 4.52. The Morgan fingerprint density at radius 3 is 2.37 bits per heavy atom. The van der Waals surface area contributed by atoms with Crippen LogP contribution in [-0.2, 0) is 9.59 Å². The molecule has 4 rings (SSSR count). The van der Waals surface area contributed by atoms with Crippen molar-refractivity contribution in [3.8, 4) is 5.75 Å². The lowest BCUT2D eigenvalue weighted by Gasteiger charge is -2.38. The van der Waals surface area contributed by atoms with Gasteiger partial charge in [0.1, 0.15) is 11.6 Å². The maximum absolute atomic E-state index is 13.3. The number of methoxy groups -OCH3 is 1. The van der Waals surface area contributed by atoms with Gasteiger partial charge in [-0.3, -0.25) is 14.5 Å². The first-order valence-electron chi connectivity index (χ1n) is 9.07. The van der Waals surface area contributed by atoms with E-state index >= 15 is 0 Å². The Labute approximate surface area is 157 Å². The SMILES string of the molecule is COc1ccc(N2C(=O)CC(c3ccc(F)cc3)C3=C2CCCC3=O)cc1. The molecule has 1 atom stereocenters. The van der Waals surface area contributed by atoms with Crippen LogP contribution in [0.4, 0.5) is 10.1 Å². The minimum Gasteiger partial charge on any atom is -0.497 e. The molecule has 0 spiro atoms. The second kappa shape index (κ2) is 6.99. The summed E-state index contributed by atoms with van der Waals surface area (Å²) in [5.41, 5.74) is 3.02. The molecule has 0 N–H and O–H groups in total. The molecule has 0 fully saturated rings. The van der Waals surface area contributed by atoms with Crippen molar-refractivity contribution in [3.63, 3.8) is 0 Å². The molecular weight excluding hydrogens is 345 g/mol. The number of carbonyl (C=O) groups excluding carboxylic acids is 2. The predicted octanol–water partition coefficient (Wildman–Crippen LogP) is 4.36. The molecule has 1 unspecified atom stereocenters. The maximum atomic E-state index is 13.3. The zero-order chi connectivity index (χ0) is 19.0. The number of carbonyl (C=O) groups is 2. The first kappa shape index (κ1) is 17.5. The van der Waals surface area contributed by atoms with Crippen LogP contribution in [0.2, 0.25) is 0 Å². The number of nitrogens with zero attached hydrogens (tertiary/aromatic N) is 1. The molecule has 1 aliphatic heterocycles.